The minimum absolute atomic E-state index is 0.0180. The number of ether oxygens (including phenoxy) is 1. The molecule has 2 amide bonds. The zero-order chi connectivity index (χ0) is 24.3. The van der Waals surface area contributed by atoms with Gasteiger partial charge in [0.1, 0.15) is 5.88 Å². The number of amides is 2. The van der Waals surface area contributed by atoms with Crippen LogP contribution in [0.4, 0.5) is 5.69 Å². The third-order valence-corrected chi connectivity index (χ3v) is 5.97. The number of halogens is 1. The van der Waals surface area contributed by atoms with E-state index >= 15 is 0 Å². The second kappa shape index (κ2) is 13.3. The molecule has 0 spiro atoms. The molecule has 7 heteroatoms. The van der Waals surface area contributed by atoms with E-state index in [1.54, 1.807) is 29.2 Å². The lowest BCUT2D eigenvalue weighted by Crippen LogP contribution is -2.48. The zero-order valence-electron chi connectivity index (χ0n) is 20.0. The monoisotopic (exact) mass is 483 g/mol. The van der Waals surface area contributed by atoms with Crippen LogP contribution in [-0.2, 0) is 9.53 Å². The van der Waals surface area contributed by atoms with Crippen molar-refractivity contribution < 1.29 is 14.3 Å². The maximum absolute atomic E-state index is 13.0. The summed E-state index contributed by atoms with van der Waals surface area (Å²) in [6.07, 6.45) is 4.39. The molecule has 6 nitrogen and oxygen atoms in total. The first-order valence-corrected chi connectivity index (χ1v) is 12.3. The van der Waals surface area contributed by atoms with Crippen LogP contribution in [0.3, 0.4) is 0 Å². The van der Waals surface area contributed by atoms with E-state index in [9.17, 15) is 9.59 Å². The number of alkyl halides is 1. The summed E-state index contributed by atoms with van der Waals surface area (Å²) in [7, 11) is 0. The summed E-state index contributed by atoms with van der Waals surface area (Å²) in [5, 5.41) is 0. The van der Waals surface area contributed by atoms with Gasteiger partial charge in [0.15, 0.2) is 0 Å². The summed E-state index contributed by atoms with van der Waals surface area (Å²) in [6, 6.07) is 17.4. The summed E-state index contributed by atoms with van der Waals surface area (Å²) < 4.78 is 5.58. The molecule has 1 fully saturated rings. The van der Waals surface area contributed by atoms with E-state index in [0.717, 1.165) is 19.6 Å². The van der Waals surface area contributed by atoms with Crippen molar-refractivity contribution in [2.75, 3.05) is 56.7 Å². The van der Waals surface area contributed by atoms with Crippen LogP contribution in [0.1, 0.15) is 29.8 Å². The molecule has 0 aliphatic carbocycles. The Labute approximate surface area is 207 Å². The average Bonchev–Trinajstić information content (AvgIpc) is 2.87. The van der Waals surface area contributed by atoms with Gasteiger partial charge in [0.2, 0.25) is 5.91 Å². The number of rotatable bonds is 10. The van der Waals surface area contributed by atoms with Crippen molar-refractivity contribution in [1.82, 2.24) is 9.80 Å². The molecule has 0 radical (unpaired) electrons. The van der Waals surface area contributed by atoms with Gasteiger partial charge in [-0.1, -0.05) is 42.5 Å². The summed E-state index contributed by atoms with van der Waals surface area (Å²) in [5.74, 6) is -0.275. The Hall–Kier alpha value is -2.67. The second-order valence-corrected chi connectivity index (χ2v) is 8.82. The quantitative estimate of drug-likeness (QED) is 0.476. The Morgan fingerprint density at radius 1 is 1.03 bits per heavy atom. The van der Waals surface area contributed by atoms with Crippen molar-refractivity contribution in [2.45, 2.75) is 20.0 Å². The summed E-state index contributed by atoms with van der Waals surface area (Å²) >= 11 is 5.80. The molecule has 0 N–H and O–H groups in total. The molecule has 0 aromatic heterocycles. The van der Waals surface area contributed by atoms with E-state index in [1.807, 2.05) is 36.9 Å². The van der Waals surface area contributed by atoms with Gasteiger partial charge in [-0.2, -0.15) is 0 Å². The highest BCUT2D eigenvalue weighted by atomic mass is 35.5. The number of carbonyl (C=O) groups excluding carboxylic acids is 2. The molecule has 1 aliphatic rings. The molecule has 1 saturated heterocycles. The second-order valence-electron chi connectivity index (χ2n) is 8.55. The first-order chi connectivity index (χ1) is 16.5. The molecule has 2 aromatic rings. The first kappa shape index (κ1) is 25.9. The van der Waals surface area contributed by atoms with E-state index in [4.69, 9.17) is 16.3 Å². The van der Waals surface area contributed by atoms with Crippen molar-refractivity contribution in [3.63, 3.8) is 0 Å². The number of hydrogen-bond donors (Lipinski definition) is 0. The lowest BCUT2D eigenvalue weighted by Gasteiger charge is -2.34. The van der Waals surface area contributed by atoms with E-state index in [2.05, 4.69) is 29.2 Å². The minimum atomic E-state index is -0.189. The normalized spacial score (nSPS) is 14.6. The number of nitrogens with zero attached hydrogens (tertiary/aromatic N) is 3. The number of benzene rings is 2. The molecular weight excluding hydrogens is 450 g/mol. The summed E-state index contributed by atoms with van der Waals surface area (Å²) in [6.45, 7) is 8.70. The molecule has 0 bridgehead atoms. The van der Waals surface area contributed by atoms with Gasteiger partial charge in [0.25, 0.3) is 5.91 Å². The SMILES string of the molecule is CC(C)OCCN(C(=O)CCl)c1ccc(C(=O)N2CCN(CC=Cc3ccccc3)CC2)cc1. The van der Waals surface area contributed by atoms with Crippen LogP contribution in [0.2, 0.25) is 0 Å². The van der Waals surface area contributed by atoms with Gasteiger partial charge in [-0.15, -0.1) is 11.6 Å². The van der Waals surface area contributed by atoms with Crippen LogP contribution < -0.4 is 4.90 Å². The van der Waals surface area contributed by atoms with Crippen molar-refractivity contribution in [2.24, 2.45) is 0 Å². The molecule has 1 aliphatic heterocycles. The smallest absolute Gasteiger partial charge is 0.253 e. The van der Waals surface area contributed by atoms with Gasteiger partial charge >= 0.3 is 0 Å². The highest BCUT2D eigenvalue weighted by molar-refractivity contribution is 6.29. The molecule has 182 valence electrons. The van der Waals surface area contributed by atoms with Crippen LogP contribution in [0.15, 0.2) is 60.7 Å². The van der Waals surface area contributed by atoms with Crippen molar-refractivity contribution >= 4 is 35.2 Å². The predicted octanol–water partition coefficient (Wildman–Crippen LogP) is 4.15. The van der Waals surface area contributed by atoms with E-state index in [0.29, 0.717) is 37.5 Å². The van der Waals surface area contributed by atoms with Crippen molar-refractivity contribution in [3.8, 4) is 0 Å². The Morgan fingerprint density at radius 3 is 2.32 bits per heavy atom. The van der Waals surface area contributed by atoms with Crippen LogP contribution in [0.25, 0.3) is 6.08 Å². The molecule has 3 rings (SSSR count). The third kappa shape index (κ3) is 7.69. The van der Waals surface area contributed by atoms with E-state index in [1.165, 1.54) is 5.56 Å². The number of piperazine rings is 1. The third-order valence-electron chi connectivity index (χ3n) is 5.74. The van der Waals surface area contributed by atoms with Crippen molar-refractivity contribution in [3.05, 3.63) is 71.8 Å². The lowest BCUT2D eigenvalue weighted by atomic mass is 10.1. The molecule has 34 heavy (non-hydrogen) atoms. The predicted molar refractivity (Wildman–Crippen MR) is 138 cm³/mol. The largest absolute Gasteiger partial charge is 0.377 e. The summed E-state index contributed by atoms with van der Waals surface area (Å²) in [4.78, 5) is 31.1. The lowest BCUT2D eigenvalue weighted by molar-refractivity contribution is -0.116. The maximum Gasteiger partial charge on any atom is 0.253 e. The maximum atomic E-state index is 13.0. The molecule has 2 aromatic carbocycles. The Bertz CT molecular complexity index is 939. The Kier molecular flexibility index (Phi) is 10.1. The highest BCUT2D eigenvalue weighted by Crippen LogP contribution is 2.18. The number of hydrogen-bond acceptors (Lipinski definition) is 4. The molecule has 0 saturated carbocycles. The first-order valence-electron chi connectivity index (χ1n) is 11.8. The number of anilines is 1. The van der Waals surface area contributed by atoms with Gasteiger partial charge in [-0.25, -0.2) is 0 Å². The molecule has 1 heterocycles. The fraction of sp³-hybridized carbons (Fsp3) is 0.407. The Morgan fingerprint density at radius 2 is 1.71 bits per heavy atom. The van der Waals surface area contributed by atoms with Gasteiger partial charge in [-0.05, 0) is 43.7 Å². The fourth-order valence-electron chi connectivity index (χ4n) is 3.85. The van der Waals surface area contributed by atoms with Crippen LogP contribution in [0.5, 0.6) is 0 Å². The van der Waals surface area contributed by atoms with Crippen LogP contribution in [-0.4, -0.2) is 79.5 Å². The average molecular weight is 484 g/mol. The molecular formula is C27H34ClN3O3. The van der Waals surface area contributed by atoms with Gasteiger partial charge in [-0.3, -0.25) is 14.5 Å². The number of carbonyl (C=O) groups is 2. The van der Waals surface area contributed by atoms with Crippen LogP contribution in [0, 0.1) is 0 Å². The summed E-state index contributed by atoms with van der Waals surface area (Å²) in [5.41, 5.74) is 2.53. The molecule has 0 unspecified atom stereocenters. The zero-order valence-corrected chi connectivity index (χ0v) is 20.8. The van der Waals surface area contributed by atoms with Gasteiger partial charge in [0, 0.05) is 50.5 Å². The topological polar surface area (TPSA) is 53.1 Å². The van der Waals surface area contributed by atoms with Gasteiger partial charge < -0.3 is 14.5 Å². The highest BCUT2D eigenvalue weighted by Gasteiger charge is 2.22. The van der Waals surface area contributed by atoms with E-state index in [-0.39, 0.29) is 23.8 Å². The molecule has 0 atom stereocenters. The Balaban J connectivity index is 1.52. The van der Waals surface area contributed by atoms with Gasteiger partial charge in [0.05, 0.1) is 12.7 Å². The standard InChI is InChI=1S/C27H34ClN3O3/c1-22(2)34-20-19-31(26(32)21-28)25-12-10-24(11-13-25)27(33)30-17-15-29(16-18-30)14-6-9-23-7-4-3-5-8-23/h3-13,22H,14-21H2,1-2H3. The van der Waals surface area contributed by atoms with Crippen LogP contribution >= 0.6 is 11.6 Å². The van der Waals surface area contributed by atoms with E-state index < -0.39 is 0 Å². The van der Waals surface area contributed by atoms with Crippen molar-refractivity contribution in [1.29, 1.82) is 0 Å². The fourth-order valence-corrected chi connectivity index (χ4v) is 4.00. The minimum Gasteiger partial charge on any atom is -0.377 e.